The van der Waals surface area contributed by atoms with Crippen LogP contribution in [0.2, 0.25) is 5.02 Å². The number of piperazine rings is 1. The van der Waals surface area contributed by atoms with Crippen LogP contribution in [0, 0.1) is 6.92 Å². The molecule has 0 aliphatic carbocycles. The first-order valence-electron chi connectivity index (χ1n) is 8.35. The van der Waals surface area contributed by atoms with Gasteiger partial charge in [-0.05, 0) is 19.1 Å². The van der Waals surface area contributed by atoms with Crippen LogP contribution in [0.5, 0.6) is 0 Å². The number of aryl methyl sites for hydroxylation is 2. The molecule has 7 nitrogen and oxygen atoms in total. The maximum absolute atomic E-state index is 12.8. The van der Waals surface area contributed by atoms with Gasteiger partial charge in [-0.15, -0.1) is 0 Å². The standard InChI is InChI=1S/C17H20ClN3O4S/c1-3-14-16(12(2)19-25-14)17(22)20-8-10-21(11-9-20)26(23,24)15-7-5-4-6-13(15)18/h4-7H,3,8-11H2,1-2H3. The van der Waals surface area contributed by atoms with E-state index in [1.807, 2.05) is 6.92 Å². The van der Waals surface area contributed by atoms with Gasteiger partial charge in [0.05, 0.1) is 10.7 Å². The Morgan fingerprint density at radius 2 is 1.88 bits per heavy atom. The molecule has 1 aromatic heterocycles. The summed E-state index contributed by atoms with van der Waals surface area (Å²) in [6, 6.07) is 6.36. The Morgan fingerprint density at radius 1 is 1.23 bits per heavy atom. The van der Waals surface area contributed by atoms with Gasteiger partial charge in [0.1, 0.15) is 16.2 Å². The van der Waals surface area contributed by atoms with Crippen molar-refractivity contribution >= 4 is 27.5 Å². The summed E-state index contributed by atoms with van der Waals surface area (Å²) in [6.45, 7) is 4.65. The first kappa shape index (κ1) is 18.9. The molecule has 1 aliphatic heterocycles. The van der Waals surface area contributed by atoms with E-state index in [1.54, 1.807) is 30.0 Å². The summed E-state index contributed by atoms with van der Waals surface area (Å²) in [5.74, 6) is 0.383. The Labute approximate surface area is 157 Å². The number of nitrogens with zero attached hydrogens (tertiary/aromatic N) is 3. The molecule has 0 radical (unpaired) electrons. The molecule has 9 heteroatoms. The summed E-state index contributed by atoms with van der Waals surface area (Å²) in [7, 11) is -3.68. The zero-order valence-corrected chi connectivity index (χ0v) is 16.2. The quantitative estimate of drug-likeness (QED) is 0.790. The molecule has 1 saturated heterocycles. The Hall–Kier alpha value is -1.90. The molecular formula is C17H20ClN3O4S. The second-order valence-electron chi connectivity index (χ2n) is 6.05. The average Bonchev–Trinajstić information content (AvgIpc) is 3.02. The van der Waals surface area contributed by atoms with Crippen LogP contribution < -0.4 is 0 Å². The number of amides is 1. The molecule has 1 amide bonds. The third-order valence-corrected chi connectivity index (χ3v) is 6.85. The Morgan fingerprint density at radius 3 is 2.50 bits per heavy atom. The molecule has 0 spiro atoms. The number of hydrogen-bond acceptors (Lipinski definition) is 5. The van der Waals surface area contributed by atoms with Crippen LogP contribution in [0.4, 0.5) is 0 Å². The Balaban J connectivity index is 1.74. The van der Waals surface area contributed by atoms with Crippen molar-refractivity contribution in [2.24, 2.45) is 0 Å². The summed E-state index contributed by atoms with van der Waals surface area (Å²) in [5.41, 5.74) is 1.04. The lowest BCUT2D eigenvalue weighted by molar-refractivity contribution is 0.0695. The number of carbonyl (C=O) groups excluding carboxylic acids is 1. The maximum Gasteiger partial charge on any atom is 0.259 e. The lowest BCUT2D eigenvalue weighted by Gasteiger charge is -2.34. The molecule has 1 fully saturated rings. The fourth-order valence-corrected chi connectivity index (χ4v) is 4.93. The smallest absolute Gasteiger partial charge is 0.259 e. The van der Waals surface area contributed by atoms with Crippen LogP contribution >= 0.6 is 11.6 Å². The van der Waals surface area contributed by atoms with Gasteiger partial charge in [-0.1, -0.05) is 35.8 Å². The van der Waals surface area contributed by atoms with Gasteiger partial charge in [-0.3, -0.25) is 4.79 Å². The largest absolute Gasteiger partial charge is 0.360 e. The van der Waals surface area contributed by atoms with Crippen LogP contribution in [0.3, 0.4) is 0 Å². The monoisotopic (exact) mass is 397 g/mol. The van der Waals surface area contributed by atoms with E-state index in [4.69, 9.17) is 16.1 Å². The molecule has 0 N–H and O–H groups in total. The van der Waals surface area contributed by atoms with Crippen molar-refractivity contribution in [1.82, 2.24) is 14.4 Å². The minimum Gasteiger partial charge on any atom is -0.360 e. The van der Waals surface area contributed by atoms with E-state index < -0.39 is 10.0 Å². The molecule has 1 aliphatic rings. The zero-order chi connectivity index (χ0) is 18.9. The molecular weight excluding hydrogens is 378 g/mol. The molecule has 0 atom stereocenters. The minimum absolute atomic E-state index is 0.0876. The normalized spacial score (nSPS) is 16.0. The van der Waals surface area contributed by atoms with Crippen molar-refractivity contribution in [3.8, 4) is 0 Å². The topological polar surface area (TPSA) is 83.7 Å². The Kier molecular flexibility index (Phi) is 5.36. The van der Waals surface area contributed by atoms with Crippen LogP contribution in [0.25, 0.3) is 0 Å². The number of sulfonamides is 1. The highest BCUT2D eigenvalue weighted by molar-refractivity contribution is 7.89. The summed E-state index contributed by atoms with van der Waals surface area (Å²) in [5, 5.41) is 4.06. The third-order valence-electron chi connectivity index (χ3n) is 4.45. The molecule has 1 aromatic carbocycles. The fourth-order valence-electron chi connectivity index (χ4n) is 3.01. The molecule has 140 valence electrons. The first-order chi connectivity index (χ1) is 12.4. The van der Waals surface area contributed by atoms with Gasteiger partial charge < -0.3 is 9.42 Å². The van der Waals surface area contributed by atoms with E-state index in [1.165, 1.54) is 10.4 Å². The van der Waals surface area contributed by atoms with Gasteiger partial charge in [0.25, 0.3) is 5.91 Å². The Bertz CT molecular complexity index is 918. The van der Waals surface area contributed by atoms with Crippen molar-refractivity contribution in [2.75, 3.05) is 26.2 Å². The van der Waals surface area contributed by atoms with E-state index in [2.05, 4.69) is 5.16 Å². The second-order valence-corrected chi connectivity index (χ2v) is 8.36. The summed E-state index contributed by atoms with van der Waals surface area (Å²) in [6.07, 6.45) is 0.572. The highest BCUT2D eigenvalue weighted by Gasteiger charge is 2.33. The molecule has 0 unspecified atom stereocenters. The number of benzene rings is 1. The predicted molar refractivity (Wildman–Crippen MR) is 96.7 cm³/mol. The van der Waals surface area contributed by atoms with Crippen molar-refractivity contribution in [2.45, 2.75) is 25.2 Å². The van der Waals surface area contributed by atoms with Crippen molar-refractivity contribution in [3.05, 3.63) is 46.3 Å². The summed E-state index contributed by atoms with van der Waals surface area (Å²) in [4.78, 5) is 14.5. The third kappa shape index (κ3) is 3.36. The highest BCUT2D eigenvalue weighted by atomic mass is 35.5. The fraction of sp³-hybridized carbons (Fsp3) is 0.412. The van der Waals surface area contributed by atoms with Crippen LogP contribution in [0.1, 0.15) is 28.7 Å². The summed E-state index contributed by atoms with van der Waals surface area (Å²) >= 11 is 6.04. The number of carbonyl (C=O) groups is 1. The minimum atomic E-state index is -3.68. The number of aromatic nitrogens is 1. The molecule has 0 bridgehead atoms. The van der Waals surface area contributed by atoms with Crippen molar-refractivity contribution in [1.29, 1.82) is 0 Å². The van der Waals surface area contributed by atoms with E-state index in [0.717, 1.165) is 0 Å². The van der Waals surface area contributed by atoms with Crippen molar-refractivity contribution < 1.29 is 17.7 Å². The van der Waals surface area contributed by atoms with Gasteiger partial charge in [0, 0.05) is 32.6 Å². The maximum atomic E-state index is 12.8. The van der Waals surface area contributed by atoms with Crippen LogP contribution in [-0.4, -0.2) is 54.9 Å². The van der Waals surface area contributed by atoms with E-state index in [9.17, 15) is 13.2 Å². The summed E-state index contributed by atoms with van der Waals surface area (Å²) < 4.78 is 32.1. The predicted octanol–water partition coefficient (Wildman–Crippen LogP) is 2.35. The van der Waals surface area contributed by atoms with E-state index >= 15 is 0 Å². The van der Waals surface area contributed by atoms with Gasteiger partial charge in [0.2, 0.25) is 10.0 Å². The van der Waals surface area contributed by atoms with E-state index in [-0.39, 0.29) is 28.9 Å². The van der Waals surface area contributed by atoms with Gasteiger partial charge in [-0.2, -0.15) is 4.31 Å². The second kappa shape index (κ2) is 7.38. The molecule has 0 saturated carbocycles. The molecule has 2 aromatic rings. The van der Waals surface area contributed by atoms with Gasteiger partial charge in [-0.25, -0.2) is 8.42 Å². The average molecular weight is 398 g/mol. The van der Waals surface area contributed by atoms with Crippen LogP contribution in [0.15, 0.2) is 33.7 Å². The lowest BCUT2D eigenvalue weighted by atomic mass is 10.1. The molecule has 26 heavy (non-hydrogen) atoms. The lowest BCUT2D eigenvalue weighted by Crippen LogP contribution is -2.50. The van der Waals surface area contributed by atoms with E-state index in [0.29, 0.717) is 36.5 Å². The van der Waals surface area contributed by atoms with Crippen molar-refractivity contribution in [3.63, 3.8) is 0 Å². The zero-order valence-electron chi connectivity index (χ0n) is 14.6. The molecule has 2 heterocycles. The highest BCUT2D eigenvalue weighted by Crippen LogP contribution is 2.25. The van der Waals surface area contributed by atoms with Gasteiger partial charge in [0.15, 0.2) is 0 Å². The first-order valence-corrected chi connectivity index (χ1v) is 10.2. The van der Waals surface area contributed by atoms with Gasteiger partial charge >= 0.3 is 0 Å². The van der Waals surface area contributed by atoms with Crippen LogP contribution in [-0.2, 0) is 16.4 Å². The number of hydrogen-bond donors (Lipinski definition) is 0. The SMILES string of the molecule is CCc1onc(C)c1C(=O)N1CCN(S(=O)(=O)c2ccccc2Cl)CC1. The molecule has 3 rings (SSSR count). The number of halogens is 1. The number of rotatable bonds is 4.